The van der Waals surface area contributed by atoms with Gasteiger partial charge in [0.05, 0.1) is 20.0 Å². The van der Waals surface area contributed by atoms with Crippen LogP contribution in [0.4, 0.5) is 0 Å². The minimum atomic E-state index is -1.00. The van der Waals surface area contributed by atoms with Crippen molar-refractivity contribution in [1.82, 2.24) is 0 Å². The molecule has 0 amide bonds. The molecule has 1 aliphatic rings. The van der Waals surface area contributed by atoms with E-state index in [9.17, 15) is 4.79 Å². The van der Waals surface area contributed by atoms with Gasteiger partial charge in [0.15, 0.2) is 0 Å². The van der Waals surface area contributed by atoms with Crippen molar-refractivity contribution in [3.05, 3.63) is 0 Å². The van der Waals surface area contributed by atoms with Crippen LogP contribution in [0.5, 0.6) is 0 Å². The van der Waals surface area contributed by atoms with Crippen molar-refractivity contribution >= 4 is 5.97 Å². The number of hydrogen-bond donors (Lipinski definition) is 2. The van der Waals surface area contributed by atoms with Crippen LogP contribution in [0, 0.1) is 5.92 Å². The van der Waals surface area contributed by atoms with Gasteiger partial charge in [-0.3, -0.25) is 4.79 Å². The van der Waals surface area contributed by atoms with Crippen LogP contribution in [0.15, 0.2) is 0 Å². The summed E-state index contributed by atoms with van der Waals surface area (Å²) in [4.78, 5) is 10.4. The van der Waals surface area contributed by atoms with Crippen LogP contribution in [0.2, 0.25) is 0 Å². The molecule has 0 saturated carbocycles. The van der Waals surface area contributed by atoms with Gasteiger partial charge in [0.2, 0.25) is 0 Å². The minimum Gasteiger partial charge on any atom is -0.481 e. The fraction of sp³-hybridized carbons (Fsp3) is 0.833. The Morgan fingerprint density at radius 2 is 2.45 bits per heavy atom. The van der Waals surface area contributed by atoms with Gasteiger partial charge in [0.1, 0.15) is 0 Å². The monoisotopic (exact) mass is 199 g/mol. The minimum absolute atomic E-state index is 0. The van der Waals surface area contributed by atoms with Crippen LogP contribution in [0.25, 0.3) is 0 Å². The number of carboxylic acid groups (broad SMARTS) is 1. The Kier molecular flexibility index (Phi) is 3.93. The first kappa shape index (κ1) is 9.07. The maximum Gasteiger partial charge on any atom is 0.309 e. The predicted octanol–water partition coefficient (Wildman–Crippen LogP) is -0.534. The van der Waals surface area contributed by atoms with E-state index in [-0.39, 0.29) is 31.6 Å². The van der Waals surface area contributed by atoms with E-state index in [0.717, 1.165) is 0 Å². The Balaban J connectivity index is 0.00000121. The van der Waals surface area contributed by atoms with E-state index in [0.29, 0.717) is 0 Å². The normalized spacial score (nSPS) is 37.5. The molecule has 1 radical (unpaired) electrons. The van der Waals surface area contributed by atoms with Gasteiger partial charge in [-0.2, -0.15) is 0 Å². The smallest absolute Gasteiger partial charge is 0.309 e. The first-order valence-electron chi connectivity index (χ1n) is 3.64. The van der Waals surface area contributed by atoms with E-state index in [2.05, 4.69) is 0 Å². The second-order valence-electron chi connectivity index (χ2n) is 2.20. The van der Waals surface area contributed by atoms with Crippen LogP contribution in [-0.4, -0.2) is 35.5 Å². The Bertz CT molecular complexity index is 166. The summed E-state index contributed by atoms with van der Waals surface area (Å²) in [5, 5.41) is 17.2. The predicted molar refractivity (Wildman–Crippen MR) is 32.6 cm³/mol. The molecule has 4 nitrogen and oxygen atoms in total. The molecule has 0 bridgehead atoms. The van der Waals surface area contributed by atoms with E-state index < -0.39 is 24.6 Å². The molecule has 11 heavy (non-hydrogen) atoms. The summed E-state index contributed by atoms with van der Waals surface area (Å²) in [6, 6.07) is 0. The standard InChI is InChI=1S/C6H10O4.V/c7-3-5-4(6(8)9)1-2-10-5;/h4-5,7H,1-3H2,(H,8,9);/t4?,5-;/m1./s1/i2T;/t2-,4?,5+;/m0.. The molecule has 3 atom stereocenters. The number of aliphatic hydroxyl groups excluding tert-OH is 1. The largest absolute Gasteiger partial charge is 0.481 e. The van der Waals surface area contributed by atoms with E-state index in [1.54, 1.807) is 0 Å². The number of hydrogen-bond acceptors (Lipinski definition) is 3. The van der Waals surface area contributed by atoms with Crippen molar-refractivity contribution in [1.29, 1.82) is 0 Å². The fourth-order valence-corrected chi connectivity index (χ4v) is 0.960. The van der Waals surface area contributed by atoms with Crippen molar-refractivity contribution in [3.63, 3.8) is 0 Å². The van der Waals surface area contributed by atoms with Gasteiger partial charge in [0.25, 0.3) is 0 Å². The zero-order chi connectivity index (χ0) is 8.43. The Morgan fingerprint density at radius 1 is 1.82 bits per heavy atom. The average Bonchev–Trinajstić information content (AvgIpc) is 2.30. The number of aliphatic hydroxyl groups is 1. The van der Waals surface area contributed by atoms with Gasteiger partial charge in [-0.05, 0) is 6.42 Å². The molecule has 5 heteroatoms. The third-order valence-corrected chi connectivity index (χ3v) is 1.57. The van der Waals surface area contributed by atoms with Gasteiger partial charge < -0.3 is 14.9 Å². The van der Waals surface area contributed by atoms with Crippen LogP contribution >= 0.6 is 0 Å². The van der Waals surface area contributed by atoms with Crippen LogP contribution < -0.4 is 0 Å². The molecule has 1 saturated heterocycles. The van der Waals surface area contributed by atoms with Crippen molar-refractivity contribution in [2.75, 3.05) is 13.2 Å². The van der Waals surface area contributed by atoms with Gasteiger partial charge in [-0.1, -0.05) is 0 Å². The van der Waals surface area contributed by atoms with E-state index in [1.165, 1.54) is 0 Å². The molecule has 1 fully saturated rings. The first-order valence-corrected chi connectivity index (χ1v) is 3.06. The average molecular weight is 199 g/mol. The topological polar surface area (TPSA) is 66.8 Å². The molecule has 1 rings (SSSR count). The van der Waals surface area contributed by atoms with Gasteiger partial charge in [0, 0.05) is 25.1 Å². The number of carboxylic acids is 1. The molecule has 1 unspecified atom stereocenters. The summed E-state index contributed by atoms with van der Waals surface area (Å²) in [5.74, 6) is -1.72. The second-order valence-corrected chi connectivity index (χ2v) is 2.20. The molecule has 0 aromatic carbocycles. The zero-order valence-electron chi connectivity index (χ0n) is 6.80. The summed E-state index contributed by atoms with van der Waals surface area (Å²) < 4.78 is 11.9. The summed E-state index contributed by atoms with van der Waals surface area (Å²) in [7, 11) is 0. The SMILES string of the molecule is [3H][C@H]1CC(C(=O)O)[C@@H](CO)O1.[V]. The summed E-state index contributed by atoms with van der Waals surface area (Å²) in [6.45, 7) is -1.12. The second kappa shape index (κ2) is 4.77. The number of ether oxygens (including phenoxy) is 1. The maximum absolute atomic E-state index is 10.4. The Labute approximate surface area is 77.8 Å². The molecule has 63 valence electrons. The molecule has 0 aromatic rings. The van der Waals surface area contributed by atoms with Gasteiger partial charge in [-0.15, -0.1) is 0 Å². The molecule has 0 aliphatic carbocycles. The molecule has 0 aromatic heterocycles. The van der Waals surface area contributed by atoms with Crippen molar-refractivity contribution in [3.8, 4) is 0 Å². The van der Waals surface area contributed by atoms with Crippen molar-refractivity contribution in [2.45, 2.75) is 12.5 Å². The van der Waals surface area contributed by atoms with Crippen LogP contribution in [0.1, 0.15) is 7.79 Å². The summed E-state index contributed by atoms with van der Waals surface area (Å²) in [6.07, 6.45) is -0.532. The number of aliphatic carboxylic acids is 1. The van der Waals surface area contributed by atoms with Gasteiger partial charge in [-0.25, -0.2) is 0 Å². The Hall–Kier alpha value is -0.0256. The molecular formula is C6H10O4V. The number of carbonyl (C=O) groups is 1. The third kappa shape index (κ3) is 2.49. The van der Waals surface area contributed by atoms with Gasteiger partial charge >= 0.3 is 5.97 Å². The summed E-state index contributed by atoms with van der Waals surface area (Å²) >= 11 is 0. The Morgan fingerprint density at radius 3 is 2.82 bits per heavy atom. The van der Waals surface area contributed by atoms with Crippen LogP contribution in [-0.2, 0) is 28.1 Å². The molecule has 0 spiro atoms. The quantitative estimate of drug-likeness (QED) is 0.627. The van der Waals surface area contributed by atoms with Crippen molar-refractivity contribution in [2.24, 2.45) is 5.92 Å². The molecule has 2 N–H and O–H groups in total. The molecule has 1 heterocycles. The summed E-state index contributed by atoms with van der Waals surface area (Å²) in [5.41, 5.74) is 0. The first-order chi connectivity index (χ1) is 5.15. The van der Waals surface area contributed by atoms with Crippen LogP contribution in [0.3, 0.4) is 0 Å². The van der Waals surface area contributed by atoms with Crippen molar-refractivity contribution < 1.29 is 39.7 Å². The van der Waals surface area contributed by atoms with E-state index in [1.807, 2.05) is 0 Å². The van der Waals surface area contributed by atoms with E-state index >= 15 is 0 Å². The van der Waals surface area contributed by atoms with E-state index in [4.69, 9.17) is 16.3 Å². The molecule has 1 aliphatic heterocycles. The number of rotatable bonds is 2. The molecular weight excluding hydrogens is 187 g/mol. The zero-order valence-corrected chi connectivity index (χ0v) is 7.20. The maximum atomic E-state index is 10.4. The third-order valence-electron chi connectivity index (χ3n) is 1.57. The fourth-order valence-electron chi connectivity index (χ4n) is 0.960.